The monoisotopic (exact) mass is 327 g/mol. The minimum Gasteiger partial charge on any atom is -0.493 e. The molecular weight excluding hydrogens is 309 g/mol. The highest BCUT2D eigenvalue weighted by Crippen LogP contribution is 2.39. The van der Waals surface area contributed by atoms with Gasteiger partial charge in [-0.2, -0.15) is 0 Å². The lowest BCUT2D eigenvalue weighted by atomic mass is 9.87. The zero-order valence-corrected chi connectivity index (χ0v) is 13.2. The molecular formula is C18H18FN3O2. The number of aryl methyl sites for hydroxylation is 1. The van der Waals surface area contributed by atoms with Crippen LogP contribution in [0.25, 0.3) is 0 Å². The zero-order valence-electron chi connectivity index (χ0n) is 13.2. The average Bonchev–Trinajstić information content (AvgIpc) is 3.03. The van der Waals surface area contributed by atoms with Gasteiger partial charge in [-0.15, -0.1) is 0 Å². The van der Waals surface area contributed by atoms with Crippen molar-refractivity contribution in [2.45, 2.75) is 19.0 Å². The maximum Gasteiger partial charge on any atom is 0.243 e. The minimum absolute atomic E-state index is 0.0132. The first-order valence-electron chi connectivity index (χ1n) is 7.93. The van der Waals surface area contributed by atoms with E-state index in [1.807, 2.05) is 31.2 Å². The summed E-state index contributed by atoms with van der Waals surface area (Å²) in [7, 11) is 0. The quantitative estimate of drug-likeness (QED) is 0.792. The van der Waals surface area contributed by atoms with Gasteiger partial charge in [0.25, 0.3) is 0 Å². The molecule has 2 aliphatic heterocycles. The van der Waals surface area contributed by atoms with Crippen LogP contribution in [-0.2, 0) is 4.79 Å². The van der Waals surface area contributed by atoms with Gasteiger partial charge in [-0.1, -0.05) is 24.3 Å². The summed E-state index contributed by atoms with van der Waals surface area (Å²) in [6.45, 7) is 2.28. The van der Waals surface area contributed by atoms with Crippen molar-refractivity contribution < 1.29 is 13.9 Å². The Labute approximate surface area is 139 Å². The highest BCUT2D eigenvalue weighted by Gasteiger charge is 2.44. The van der Waals surface area contributed by atoms with Crippen molar-refractivity contribution in [1.82, 2.24) is 10.9 Å². The van der Waals surface area contributed by atoms with Crippen molar-refractivity contribution >= 4 is 11.6 Å². The number of rotatable bonds is 2. The SMILES string of the molecule is Cc1ccc(F)cc1NC(=O)C1NNC2c3ccccc3OCC12. The molecule has 0 aliphatic carbocycles. The molecule has 4 rings (SSSR count). The van der Waals surface area contributed by atoms with E-state index in [1.165, 1.54) is 12.1 Å². The van der Waals surface area contributed by atoms with Crippen LogP contribution in [0.5, 0.6) is 5.75 Å². The molecule has 2 aromatic carbocycles. The smallest absolute Gasteiger partial charge is 0.243 e. The van der Waals surface area contributed by atoms with Gasteiger partial charge in [0.1, 0.15) is 17.6 Å². The third-order valence-electron chi connectivity index (χ3n) is 4.68. The molecule has 2 aromatic rings. The van der Waals surface area contributed by atoms with E-state index in [4.69, 9.17) is 4.74 Å². The van der Waals surface area contributed by atoms with E-state index in [1.54, 1.807) is 6.07 Å². The van der Waals surface area contributed by atoms with Crippen LogP contribution in [0, 0.1) is 18.7 Å². The van der Waals surface area contributed by atoms with Gasteiger partial charge in [0, 0.05) is 17.2 Å². The Morgan fingerprint density at radius 3 is 2.96 bits per heavy atom. The van der Waals surface area contributed by atoms with Crippen molar-refractivity contribution in [3.63, 3.8) is 0 Å². The molecule has 1 fully saturated rings. The number of benzene rings is 2. The Bertz CT molecular complexity index is 796. The molecule has 2 aliphatic rings. The van der Waals surface area contributed by atoms with E-state index in [-0.39, 0.29) is 23.7 Å². The third-order valence-corrected chi connectivity index (χ3v) is 4.68. The topological polar surface area (TPSA) is 62.4 Å². The summed E-state index contributed by atoms with van der Waals surface area (Å²) in [5, 5.41) is 2.81. The normalized spacial score (nSPS) is 24.7. The zero-order chi connectivity index (χ0) is 16.7. The fraction of sp³-hybridized carbons (Fsp3) is 0.278. The fourth-order valence-corrected chi connectivity index (χ4v) is 3.34. The highest BCUT2D eigenvalue weighted by atomic mass is 19.1. The van der Waals surface area contributed by atoms with Gasteiger partial charge in [-0.25, -0.2) is 15.2 Å². The number of amides is 1. The summed E-state index contributed by atoms with van der Waals surface area (Å²) in [6, 6.07) is 11.7. The summed E-state index contributed by atoms with van der Waals surface area (Å²) >= 11 is 0. The second kappa shape index (κ2) is 5.89. The van der Waals surface area contributed by atoms with Gasteiger partial charge < -0.3 is 10.1 Å². The maximum atomic E-state index is 13.4. The van der Waals surface area contributed by atoms with Crippen LogP contribution < -0.4 is 20.9 Å². The first-order chi connectivity index (χ1) is 11.6. The Morgan fingerprint density at radius 1 is 1.25 bits per heavy atom. The molecule has 1 amide bonds. The van der Waals surface area contributed by atoms with Gasteiger partial charge >= 0.3 is 0 Å². The predicted molar refractivity (Wildman–Crippen MR) is 88.0 cm³/mol. The van der Waals surface area contributed by atoms with Crippen molar-refractivity contribution in [1.29, 1.82) is 0 Å². The van der Waals surface area contributed by atoms with Crippen molar-refractivity contribution in [3.8, 4) is 5.75 Å². The van der Waals surface area contributed by atoms with E-state index in [9.17, 15) is 9.18 Å². The molecule has 5 nitrogen and oxygen atoms in total. The van der Waals surface area contributed by atoms with Crippen molar-refractivity contribution in [3.05, 3.63) is 59.4 Å². The van der Waals surface area contributed by atoms with Crippen LogP contribution >= 0.6 is 0 Å². The standard InChI is InChI=1S/C18H18FN3O2/c1-10-6-7-11(19)8-14(10)20-18(23)17-13-9-24-15-5-3-2-4-12(15)16(13)21-22-17/h2-8,13,16-17,21-22H,9H2,1H3,(H,20,23). The average molecular weight is 327 g/mol. The second-order valence-corrected chi connectivity index (χ2v) is 6.21. The Hall–Kier alpha value is -2.44. The predicted octanol–water partition coefficient (Wildman–Crippen LogP) is 2.30. The summed E-state index contributed by atoms with van der Waals surface area (Å²) in [5.74, 6) is 0.233. The number of para-hydroxylation sites is 1. The summed E-state index contributed by atoms with van der Waals surface area (Å²) in [6.07, 6.45) is 0. The largest absolute Gasteiger partial charge is 0.493 e. The van der Waals surface area contributed by atoms with E-state index in [2.05, 4.69) is 16.2 Å². The first kappa shape index (κ1) is 15.1. The van der Waals surface area contributed by atoms with Crippen LogP contribution in [0.4, 0.5) is 10.1 Å². The van der Waals surface area contributed by atoms with E-state index >= 15 is 0 Å². The molecule has 3 unspecified atom stereocenters. The van der Waals surface area contributed by atoms with Crippen LogP contribution in [0.2, 0.25) is 0 Å². The highest BCUT2D eigenvalue weighted by molar-refractivity contribution is 5.96. The summed E-state index contributed by atoms with van der Waals surface area (Å²) in [4.78, 5) is 12.7. The molecule has 0 radical (unpaired) electrons. The van der Waals surface area contributed by atoms with Gasteiger partial charge in [0.05, 0.1) is 12.6 Å². The van der Waals surface area contributed by atoms with Crippen molar-refractivity contribution in [2.24, 2.45) is 5.92 Å². The molecule has 124 valence electrons. The maximum absolute atomic E-state index is 13.4. The number of hydrazine groups is 1. The molecule has 0 spiro atoms. The molecule has 24 heavy (non-hydrogen) atoms. The van der Waals surface area contributed by atoms with E-state index in [0.717, 1.165) is 16.9 Å². The van der Waals surface area contributed by atoms with Crippen LogP contribution in [-0.4, -0.2) is 18.6 Å². The Kier molecular flexibility index (Phi) is 3.70. The lowest BCUT2D eigenvalue weighted by Crippen LogP contribution is -2.43. The number of halogens is 1. The number of anilines is 1. The summed E-state index contributed by atoms with van der Waals surface area (Å²) < 4.78 is 19.2. The van der Waals surface area contributed by atoms with Crippen LogP contribution in [0.3, 0.4) is 0 Å². The van der Waals surface area contributed by atoms with Gasteiger partial charge in [-0.3, -0.25) is 4.79 Å². The van der Waals surface area contributed by atoms with Gasteiger partial charge in [-0.05, 0) is 30.7 Å². The Morgan fingerprint density at radius 2 is 2.08 bits per heavy atom. The van der Waals surface area contributed by atoms with Gasteiger partial charge in [0.2, 0.25) is 5.91 Å². The third kappa shape index (κ3) is 2.53. The van der Waals surface area contributed by atoms with Crippen LogP contribution in [0.1, 0.15) is 17.2 Å². The molecule has 1 saturated heterocycles. The van der Waals surface area contributed by atoms with E-state index in [0.29, 0.717) is 12.3 Å². The lowest BCUT2D eigenvalue weighted by Gasteiger charge is -2.29. The number of carbonyl (C=O) groups excluding carboxylic acids is 1. The minimum atomic E-state index is -0.453. The van der Waals surface area contributed by atoms with Gasteiger partial charge in [0.15, 0.2) is 0 Å². The number of hydrogen-bond acceptors (Lipinski definition) is 4. The molecule has 2 heterocycles. The molecule has 6 heteroatoms. The molecule has 0 bridgehead atoms. The molecule has 0 saturated carbocycles. The lowest BCUT2D eigenvalue weighted by molar-refractivity contribution is -0.119. The summed E-state index contributed by atoms with van der Waals surface area (Å²) in [5.41, 5.74) is 8.60. The molecule has 0 aromatic heterocycles. The number of fused-ring (bicyclic) bond motifs is 3. The van der Waals surface area contributed by atoms with Crippen molar-refractivity contribution in [2.75, 3.05) is 11.9 Å². The van der Waals surface area contributed by atoms with Crippen LogP contribution in [0.15, 0.2) is 42.5 Å². The van der Waals surface area contributed by atoms with E-state index < -0.39 is 6.04 Å². The number of nitrogens with one attached hydrogen (secondary N) is 3. The molecule has 3 atom stereocenters. The fourth-order valence-electron chi connectivity index (χ4n) is 3.34. The number of carbonyl (C=O) groups is 1. The number of ether oxygens (including phenoxy) is 1. The number of hydrogen-bond donors (Lipinski definition) is 3. The molecule has 3 N–H and O–H groups in total. The first-order valence-corrected chi connectivity index (χ1v) is 7.93. The second-order valence-electron chi connectivity index (χ2n) is 6.21. The Balaban J connectivity index is 1.54.